The summed E-state index contributed by atoms with van der Waals surface area (Å²) in [4.78, 5) is 15.7. The van der Waals surface area contributed by atoms with E-state index in [-0.39, 0.29) is 12.3 Å². The van der Waals surface area contributed by atoms with E-state index in [0.717, 1.165) is 12.1 Å². The Hall–Kier alpha value is -2.57. The number of rotatable bonds is 3. The molecular weight excluding hydrogens is 283 g/mol. The lowest BCUT2D eigenvalue weighted by atomic mass is 10.2. The molecule has 1 aromatic carbocycles. The summed E-state index contributed by atoms with van der Waals surface area (Å²) >= 11 is 0. The molecule has 2 rings (SSSR count). The Kier molecular flexibility index (Phi) is 4.11. The van der Waals surface area contributed by atoms with E-state index in [0.29, 0.717) is 17.1 Å². The number of nitrogen functional groups attached to an aromatic ring is 1. The molecule has 0 aliphatic rings. The maximum Gasteiger partial charge on any atom is 0.416 e. The van der Waals surface area contributed by atoms with Gasteiger partial charge in [0.15, 0.2) is 0 Å². The first-order valence-electron chi connectivity index (χ1n) is 6.02. The summed E-state index contributed by atoms with van der Waals surface area (Å²) in [5, 5.41) is 2.51. The summed E-state index contributed by atoms with van der Waals surface area (Å²) < 4.78 is 37.2. The highest BCUT2D eigenvalue weighted by molar-refractivity contribution is 5.92. The Bertz CT molecular complexity index is 621. The molecule has 0 spiro atoms. The number of aromatic nitrogens is 1. The molecule has 3 N–H and O–H groups in total. The second-order valence-corrected chi connectivity index (χ2v) is 4.38. The van der Waals surface area contributed by atoms with Crippen LogP contribution in [0.3, 0.4) is 0 Å². The first kappa shape index (κ1) is 14.8. The van der Waals surface area contributed by atoms with Crippen LogP contribution in [-0.2, 0) is 17.4 Å². The van der Waals surface area contributed by atoms with Crippen molar-refractivity contribution in [1.82, 2.24) is 4.98 Å². The average Bonchev–Trinajstić information content (AvgIpc) is 2.41. The van der Waals surface area contributed by atoms with Gasteiger partial charge in [-0.3, -0.25) is 9.78 Å². The smallest absolute Gasteiger partial charge is 0.397 e. The summed E-state index contributed by atoms with van der Waals surface area (Å²) in [7, 11) is 0. The van der Waals surface area contributed by atoms with Gasteiger partial charge in [0.05, 0.1) is 23.9 Å². The predicted molar refractivity (Wildman–Crippen MR) is 72.4 cm³/mol. The number of carbonyl (C=O) groups is 1. The molecule has 0 saturated carbocycles. The third kappa shape index (κ3) is 4.20. The van der Waals surface area contributed by atoms with Crippen molar-refractivity contribution in [2.45, 2.75) is 12.6 Å². The van der Waals surface area contributed by atoms with Crippen molar-refractivity contribution >= 4 is 17.3 Å². The van der Waals surface area contributed by atoms with E-state index in [2.05, 4.69) is 10.3 Å². The minimum atomic E-state index is -4.39. The number of amides is 1. The third-order valence-electron chi connectivity index (χ3n) is 2.69. The van der Waals surface area contributed by atoms with Crippen molar-refractivity contribution < 1.29 is 18.0 Å². The molecule has 1 heterocycles. The molecule has 0 fully saturated rings. The van der Waals surface area contributed by atoms with Gasteiger partial charge in [0.25, 0.3) is 0 Å². The monoisotopic (exact) mass is 295 g/mol. The number of anilines is 2. The minimum Gasteiger partial charge on any atom is -0.397 e. The maximum absolute atomic E-state index is 12.4. The van der Waals surface area contributed by atoms with Gasteiger partial charge < -0.3 is 11.1 Å². The Morgan fingerprint density at radius 1 is 1.14 bits per heavy atom. The van der Waals surface area contributed by atoms with Gasteiger partial charge in [-0.15, -0.1) is 0 Å². The van der Waals surface area contributed by atoms with Gasteiger partial charge in [0, 0.05) is 11.4 Å². The Morgan fingerprint density at radius 3 is 2.33 bits per heavy atom. The van der Waals surface area contributed by atoms with Crippen LogP contribution in [0, 0.1) is 0 Å². The normalized spacial score (nSPS) is 11.2. The molecule has 1 amide bonds. The van der Waals surface area contributed by atoms with Crippen LogP contribution in [-0.4, -0.2) is 10.9 Å². The molecular formula is C14H12F3N3O. The predicted octanol–water partition coefficient (Wildman–Crippen LogP) is 2.86. The minimum absolute atomic E-state index is 0.0152. The van der Waals surface area contributed by atoms with Gasteiger partial charge >= 0.3 is 6.18 Å². The molecule has 7 heteroatoms. The highest BCUT2D eigenvalue weighted by Gasteiger charge is 2.29. The molecule has 0 aliphatic heterocycles. The summed E-state index contributed by atoms with van der Waals surface area (Å²) in [6.45, 7) is 0. The highest BCUT2D eigenvalue weighted by atomic mass is 19.4. The molecule has 110 valence electrons. The van der Waals surface area contributed by atoms with E-state index in [9.17, 15) is 18.0 Å². The zero-order valence-electron chi connectivity index (χ0n) is 10.8. The third-order valence-corrected chi connectivity index (χ3v) is 2.69. The lowest BCUT2D eigenvalue weighted by Gasteiger charge is -2.08. The first-order valence-corrected chi connectivity index (χ1v) is 6.02. The number of hydrogen-bond donors (Lipinski definition) is 2. The average molecular weight is 295 g/mol. The zero-order valence-corrected chi connectivity index (χ0v) is 10.8. The van der Waals surface area contributed by atoms with Crippen LogP contribution in [0.2, 0.25) is 0 Å². The molecule has 2 aromatic rings. The van der Waals surface area contributed by atoms with Gasteiger partial charge in [0.1, 0.15) is 0 Å². The van der Waals surface area contributed by atoms with E-state index in [4.69, 9.17) is 5.73 Å². The summed E-state index contributed by atoms with van der Waals surface area (Å²) in [5.74, 6) is -0.368. The number of nitrogens with one attached hydrogen (secondary N) is 1. The summed E-state index contributed by atoms with van der Waals surface area (Å²) in [6, 6.07) is 7.47. The molecule has 0 aliphatic carbocycles. The van der Waals surface area contributed by atoms with Crippen LogP contribution in [0.15, 0.2) is 42.6 Å². The lowest BCUT2D eigenvalue weighted by molar-refractivity contribution is -0.137. The molecule has 4 nitrogen and oxygen atoms in total. The van der Waals surface area contributed by atoms with Crippen molar-refractivity contribution in [2.24, 2.45) is 0 Å². The van der Waals surface area contributed by atoms with Crippen LogP contribution >= 0.6 is 0 Å². The van der Waals surface area contributed by atoms with Crippen molar-refractivity contribution in [3.05, 3.63) is 53.9 Å². The quantitative estimate of drug-likeness (QED) is 0.915. The van der Waals surface area contributed by atoms with Gasteiger partial charge in [-0.2, -0.15) is 13.2 Å². The van der Waals surface area contributed by atoms with Crippen LogP contribution in [0.5, 0.6) is 0 Å². The fourth-order valence-electron chi connectivity index (χ4n) is 1.65. The van der Waals surface area contributed by atoms with Crippen molar-refractivity contribution in [3.63, 3.8) is 0 Å². The number of alkyl halides is 3. The van der Waals surface area contributed by atoms with Gasteiger partial charge in [-0.05, 0) is 36.4 Å². The molecule has 1 aromatic heterocycles. The second kappa shape index (κ2) is 5.82. The van der Waals surface area contributed by atoms with Crippen molar-refractivity contribution in [1.29, 1.82) is 0 Å². The molecule has 21 heavy (non-hydrogen) atoms. The summed E-state index contributed by atoms with van der Waals surface area (Å²) in [6.07, 6.45) is -2.95. The zero-order chi connectivity index (χ0) is 15.5. The van der Waals surface area contributed by atoms with E-state index < -0.39 is 11.7 Å². The Morgan fingerprint density at radius 2 is 1.81 bits per heavy atom. The fourth-order valence-corrected chi connectivity index (χ4v) is 1.65. The van der Waals surface area contributed by atoms with Crippen LogP contribution in [0.4, 0.5) is 24.5 Å². The van der Waals surface area contributed by atoms with Crippen molar-refractivity contribution in [3.8, 4) is 0 Å². The van der Waals surface area contributed by atoms with Crippen LogP contribution in [0.25, 0.3) is 0 Å². The van der Waals surface area contributed by atoms with E-state index in [1.54, 1.807) is 12.1 Å². The number of nitrogens with zero attached hydrogens (tertiary/aromatic N) is 1. The number of hydrogen-bond acceptors (Lipinski definition) is 3. The maximum atomic E-state index is 12.4. The molecule has 0 unspecified atom stereocenters. The molecule has 0 bridgehead atoms. The standard InChI is InChI=1S/C14H12F3N3O/c15-14(16,17)9-1-4-11(5-2-9)20-13(21)7-12-6-3-10(18)8-19-12/h1-6,8H,7,18H2,(H,20,21). The molecule has 0 radical (unpaired) electrons. The van der Waals surface area contributed by atoms with E-state index in [1.165, 1.54) is 18.3 Å². The number of carbonyl (C=O) groups excluding carboxylic acids is 1. The second-order valence-electron chi connectivity index (χ2n) is 4.38. The van der Waals surface area contributed by atoms with Gasteiger partial charge in [-0.1, -0.05) is 0 Å². The lowest BCUT2D eigenvalue weighted by Crippen LogP contribution is -2.15. The Balaban J connectivity index is 1.98. The number of nitrogens with two attached hydrogens (primary N) is 1. The van der Waals surface area contributed by atoms with Gasteiger partial charge in [-0.25, -0.2) is 0 Å². The molecule has 0 saturated heterocycles. The van der Waals surface area contributed by atoms with Gasteiger partial charge in [0.2, 0.25) is 5.91 Å². The topological polar surface area (TPSA) is 68.0 Å². The van der Waals surface area contributed by atoms with E-state index in [1.807, 2.05) is 0 Å². The number of benzene rings is 1. The first-order chi connectivity index (χ1) is 9.84. The SMILES string of the molecule is Nc1ccc(CC(=O)Nc2ccc(C(F)(F)F)cc2)nc1. The fraction of sp³-hybridized carbons (Fsp3) is 0.143. The summed E-state index contributed by atoms with van der Waals surface area (Å²) in [5.41, 5.74) is 6.02. The molecule has 0 atom stereocenters. The van der Waals surface area contributed by atoms with Crippen molar-refractivity contribution in [2.75, 3.05) is 11.1 Å². The number of pyridine rings is 1. The largest absolute Gasteiger partial charge is 0.416 e. The van der Waals surface area contributed by atoms with E-state index >= 15 is 0 Å². The van der Waals surface area contributed by atoms with Crippen LogP contribution in [0.1, 0.15) is 11.3 Å². The highest BCUT2D eigenvalue weighted by Crippen LogP contribution is 2.29. The number of halogens is 3. The van der Waals surface area contributed by atoms with Crippen LogP contribution < -0.4 is 11.1 Å². The Labute approximate surface area is 118 Å².